The van der Waals surface area contributed by atoms with Gasteiger partial charge in [-0.15, -0.1) is 0 Å². The average Bonchev–Trinajstić information content (AvgIpc) is 2.70. The van der Waals surface area contributed by atoms with Crippen LogP contribution in [0.2, 0.25) is 0 Å². The van der Waals surface area contributed by atoms with Crippen molar-refractivity contribution in [3.05, 3.63) is 51.9 Å². The predicted molar refractivity (Wildman–Crippen MR) is 69.5 cm³/mol. The summed E-state index contributed by atoms with van der Waals surface area (Å²) >= 11 is 3.13. The minimum Gasteiger partial charge on any atom is -0.464 e. The molecule has 1 aromatic heterocycles. The van der Waals surface area contributed by atoms with Crippen LogP contribution in [0.5, 0.6) is 0 Å². The molecule has 0 saturated heterocycles. The summed E-state index contributed by atoms with van der Waals surface area (Å²) in [6.45, 7) is 3.68. The maximum atomic E-state index is 13.6. The number of halogens is 3. The van der Waals surface area contributed by atoms with Gasteiger partial charge >= 0.3 is 0 Å². The number of benzene rings is 1. The van der Waals surface area contributed by atoms with Crippen LogP contribution in [-0.2, 0) is 0 Å². The Bertz CT molecular complexity index is 545. The lowest BCUT2D eigenvalue weighted by Crippen LogP contribution is -2.08. The lowest BCUT2D eigenvalue weighted by atomic mass is 10.2. The van der Waals surface area contributed by atoms with Crippen molar-refractivity contribution in [1.29, 1.82) is 0 Å². The molecule has 1 N–H and O–H groups in total. The van der Waals surface area contributed by atoms with Crippen molar-refractivity contribution in [3.63, 3.8) is 0 Å². The molecule has 0 amide bonds. The molecule has 2 aromatic rings. The molecule has 0 aliphatic carbocycles. The van der Waals surface area contributed by atoms with E-state index in [1.165, 1.54) is 6.07 Å². The second-order valence-corrected chi connectivity index (χ2v) is 4.91. The monoisotopic (exact) mass is 315 g/mol. The van der Waals surface area contributed by atoms with E-state index in [9.17, 15) is 8.78 Å². The molecule has 0 aliphatic heterocycles. The van der Waals surface area contributed by atoms with E-state index in [-0.39, 0.29) is 11.7 Å². The third-order valence-electron chi connectivity index (χ3n) is 2.56. The highest BCUT2D eigenvalue weighted by Crippen LogP contribution is 2.30. The summed E-state index contributed by atoms with van der Waals surface area (Å²) in [6.07, 6.45) is 0. The molecule has 0 aliphatic rings. The maximum Gasteiger partial charge on any atom is 0.150 e. The minimum absolute atomic E-state index is 0.213. The molecule has 0 saturated carbocycles. The van der Waals surface area contributed by atoms with Crippen LogP contribution in [0.15, 0.2) is 33.2 Å². The number of rotatable bonds is 3. The third kappa shape index (κ3) is 2.72. The molecule has 5 heteroatoms. The number of hydrogen-bond donors (Lipinski definition) is 1. The summed E-state index contributed by atoms with van der Waals surface area (Å²) in [4.78, 5) is 0. The van der Waals surface area contributed by atoms with Gasteiger partial charge in [0.05, 0.1) is 11.7 Å². The van der Waals surface area contributed by atoms with Crippen LogP contribution in [0.4, 0.5) is 14.5 Å². The Morgan fingerprint density at radius 3 is 2.56 bits per heavy atom. The number of hydrogen-bond acceptors (Lipinski definition) is 2. The highest BCUT2D eigenvalue weighted by Gasteiger charge is 2.15. The zero-order valence-corrected chi connectivity index (χ0v) is 11.5. The molecule has 0 radical (unpaired) electrons. The Balaban J connectivity index is 2.24. The Labute approximate surface area is 112 Å². The van der Waals surface area contributed by atoms with Crippen LogP contribution >= 0.6 is 15.9 Å². The van der Waals surface area contributed by atoms with Crippen molar-refractivity contribution < 1.29 is 13.2 Å². The van der Waals surface area contributed by atoms with Crippen molar-refractivity contribution in [2.75, 3.05) is 5.32 Å². The topological polar surface area (TPSA) is 25.2 Å². The number of nitrogens with one attached hydrogen (secondary N) is 1. The Morgan fingerprint density at radius 1 is 1.28 bits per heavy atom. The highest BCUT2D eigenvalue weighted by molar-refractivity contribution is 9.10. The van der Waals surface area contributed by atoms with E-state index in [2.05, 4.69) is 21.2 Å². The first-order valence-corrected chi connectivity index (χ1v) is 6.24. The van der Waals surface area contributed by atoms with Gasteiger partial charge in [0, 0.05) is 10.5 Å². The Morgan fingerprint density at radius 2 is 2.00 bits per heavy atom. The number of furan rings is 1. The lowest BCUT2D eigenvalue weighted by Gasteiger charge is -2.15. The summed E-state index contributed by atoms with van der Waals surface area (Å²) < 4.78 is 32.4. The van der Waals surface area contributed by atoms with E-state index in [0.29, 0.717) is 10.2 Å². The summed E-state index contributed by atoms with van der Waals surface area (Å²) in [6, 6.07) is 5.50. The molecule has 1 heterocycles. The van der Waals surface area contributed by atoms with Gasteiger partial charge in [-0.1, -0.05) is 0 Å². The molecule has 0 spiro atoms. The van der Waals surface area contributed by atoms with Crippen molar-refractivity contribution in [3.8, 4) is 0 Å². The van der Waals surface area contributed by atoms with Gasteiger partial charge in [0.1, 0.15) is 23.2 Å². The molecular weight excluding hydrogens is 304 g/mol. The molecule has 2 rings (SSSR count). The lowest BCUT2D eigenvalue weighted by molar-refractivity contribution is 0.466. The fraction of sp³-hybridized carbons (Fsp3) is 0.231. The smallest absolute Gasteiger partial charge is 0.150 e. The van der Waals surface area contributed by atoms with Crippen molar-refractivity contribution in [2.24, 2.45) is 0 Å². The zero-order chi connectivity index (χ0) is 13.3. The fourth-order valence-corrected chi connectivity index (χ4v) is 2.18. The van der Waals surface area contributed by atoms with Gasteiger partial charge in [0.2, 0.25) is 0 Å². The van der Waals surface area contributed by atoms with Gasteiger partial charge in [-0.05, 0) is 48.0 Å². The van der Waals surface area contributed by atoms with E-state index in [4.69, 9.17) is 4.42 Å². The molecule has 96 valence electrons. The van der Waals surface area contributed by atoms with Crippen LogP contribution in [-0.4, -0.2) is 0 Å². The maximum absolute atomic E-state index is 13.6. The van der Waals surface area contributed by atoms with Crippen molar-refractivity contribution >= 4 is 21.6 Å². The normalized spacial score (nSPS) is 12.5. The number of anilines is 1. The molecule has 0 fully saturated rings. The Kier molecular flexibility index (Phi) is 3.71. The van der Waals surface area contributed by atoms with Gasteiger partial charge in [-0.25, -0.2) is 8.78 Å². The molecular formula is C13H12BrF2NO. The number of aryl methyl sites for hydroxylation is 1. The zero-order valence-electron chi connectivity index (χ0n) is 9.93. The SMILES string of the molecule is Cc1ccc(C(C)Nc2c(F)cc(F)cc2Br)o1. The van der Waals surface area contributed by atoms with Gasteiger partial charge in [-0.3, -0.25) is 0 Å². The van der Waals surface area contributed by atoms with E-state index in [0.717, 1.165) is 11.8 Å². The van der Waals surface area contributed by atoms with Crippen molar-refractivity contribution in [2.45, 2.75) is 19.9 Å². The standard InChI is InChI=1S/C13H12BrF2NO/c1-7-3-4-12(18-7)8(2)17-13-10(14)5-9(15)6-11(13)16/h3-6,8,17H,1-2H3. The molecule has 0 bridgehead atoms. The van der Waals surface area contributed by atoms with Gasteiger partial charge in [0.25, 0.3) is 0 Å². The minimum atomic E-state index is -0.642. The van der Waals surface area contributed by atoms with Crippen LogP contribution < -0.4 is 5.32 Å². The fourth-order valence-electron chi connectivity index (χ4n) is 1.65. The van der Waals surface area contributed by atoms with Crippen molar-refractivity contribution in [1.82, 2.24) is 0 Å². The predicted octanol–water partition coefficient (Wildman–Crippen LogP) is 4.80. The summed E-state index contributed by atoms with van der Waals surface area (Å²) in [5, 5.41) is 2.95. The molecule has 1 aromatic carbocycles. The summed E-state index contributed by atoms with van der Waals surface area (Å²) in [7, 11) is 0. The van der Waals surface area contributed by atoms with Gasteiger partial charge < -0.3 is 9.73 Å². The van der Waals surface area contributed by atoms with E-state index >= 15 is 0 Å². The van der Waals surface area contributed by atoms with Gasteiger partial charge in [0.15, 0.2) is 0 Å². The molecule has 1 unspecified atom stereocenters. The van der Waals surface area contributed by atoms with Crippen LogP contribution in [0, 0.1) is 18.6 Å². The first kappa shape index (κ1) is 13.1. The van der Waals surface area contributed by atoms with Crippen LogP contribution in [0.1, 0.15) is 24.5 Å². The first-order valence-electron chi connectivity index (χ1n) is 5.45. The second-order valence-electron chi connectivity index (χ2n) is 4.06. The van der Waals surface area contributed by atoms with Gasteiger partial charge in [-0.2, -0.15) is 0 Å². The summed E-state index contributed by atoms with van der Waals surface area (Å²) in [5.74, 6) is 0.226. The van der Waals surface area contributed by atoms with Crippen LogP contribution in [0.3, 0.4) is 0 Å². The second kappa shape index (κ2) is 5.10. The molecule has 18 heavy (non-hydrogen) atoms. The third-order valence-corrected chi connectivity index (χ3v) is 3.18. The summed E-state index contributed by atoms with van der Waals surface area (Å²) in [5.41, 5.74) is 0.220. The Hall–Kier alpha value is -1.36. The quantitative estimate of drug-likeness (QED) is 0.880. The molecule has 1 atom stereocenters. The highest BCUT2D eigenvalue weighted by atomic mass is 79.9. The van der Waals surface area contributed by atoms with E-state index in [1.807, 2.05) is 26.0 Å². The van der Waals surface area contributed by atoms with E-state index in [1.54, 1.807) is 0 Å². The largest absolute Gasteiger partial charge is 0.464 e. The average molecular weight is 316 g/mol. The molecule has 2 nitrogen and oxygen atoms in total. The first-order chi connectivity index (χ1) is 8.47. The van der Waals surface area contributed by atoms with E-state index < -0.39 is 11.6 Å². The van der Waals surface area contributed by atoms with Crippen LogP contribution in [0.25, 0.3) is 0 Å².